The van der Waals surface area contributed by atoms with E-state index in [0.717, 1.165) is 26.4 Å². The van der Waals surface area contributed by atoms with E-state index in [1.807, 2.05) is 0 Å². The quantitative estimate of drug-likeness (QED) is 0.118. The van der Waals surface area contributed by atoms with E-state index in [9.17, 15) is 23.0 Å². The minimum Gasteiger partial charge on any atom is -0.381 e. The first-order valence-electron chi connectivity index (χ1n) is 12.3. The number of rotatable bonds is 23. The Morgan fingerprint density at radius 2 is 1.16 bits per heavy atom. The average Bonchev–Trinajstić information content (AvgIpc) is 2.72. The second-order valence-corrected chi connectivity index (χ2v) is 10.8. The lowest BCUT2D eigenvalue weighted by Gasteiger charge is -2.19. The number of hydrogen-bond acceptors (Lipinski definition) is 5. The summed E-state index contributed by atoms with van der Waals surface area (Å²) in [5.41, 5.74) is 0. The van der Waals surface area contributed by atoms with Crippen molar-refractivity contribution in [1.82, 2.24) is 0 Å². The maximum atomic E-state index is 12.2. The average molecular weight is 492 g/mol. The molecule has 2 N–H and O–H groups in total. The summed E-state index contributed by atoms with van der Waals surface area (Å²) in [6, 6.07) is 0. The third kappa shape index (κ3) is 23.2. The normalized spacial score (nSPS) is 13.6. The van der Waals surface area contributed by atoms with Gasteiger partial charge in [-0.15, -0.1) is 0 Å². The number of unbranched alkanes of at least 4 members (excludes halogenated alkanes) is 13. The van der Waals surface area contributed by atoms with Crippen molar-refractivity contribution in [3.8, 4) is 0 Å². The van der Waals surface area contributed by atoms with E-state index in [4.69, 9.17) is 4.74 Å². The molecule has 0 saturated carbocycles. The zero-order chi connectivity index (χ0) is 24.1. The molecule has 0 bridgehead atoms. The fourth-order valence-electron chi connectivity index (χ4n) is 3.55. The maximum Gasteiger partial charge on any atom is 0.411 e. The Kier molecular flexibility index (Phi) is 20.4. The van der Waals surface area contributed by atoms with Crippen molar-refractivity contribution in [3.63, 3.8) is 0 Å². The summed E-state index contributed by atoms with van der Waals surface area (Å²) in [7, 11) is -2.43. The smallest absolute Gasteiger partial charge is 0.381 e. The van der Waals surface area contributed by atoms with E-state index in [1.165, 1.54) is 70.6 Å². The maximum absolute atomic E-state index is 12.2. The molecule has 0 saturated heterocycles. The molecule has 5 nitrogen and oxygen atoms in total. The predicted octanol–water partition coefficient (Wildman–Crippen LogP) is 7.07. The summed E-state index contributed by atoms with van der Waals surface area (Å²) >= 11 is 0. The Morgan fingerprint density at radius 1 is 0.719 bits per heavy atom. The Bertz CT molecular complexity index is 412. The molecule has 0 aromatic heterocycles. The summed E-state index contributed by atoms with van der Waals surface area (Å²) in [5.74, 6) is -0.563. The van der Waals surface area contributed by atoms with Gasteiger partial charge in [-0.05, 0) is 6.42 Å². The van der Waals surface area contributed by atoms with Gasteiger partial charge in [-0.2, -0.15) is 27.5 Å². The molecule has 1 atom stereocenters. The van der Waals surface area contributed by atoms with E-state index >= 15 is 0 Å². The summed E-state index contributed by atoms with van der Waals surface area (Å²) in [5, 5.41) is 0. The first-order chi connectivity index (χ1) is 15.2. The van der Waals surface area contributed by atoms with Crippen LogP contribution in [0.5, 0.6) is 0 Å². The predicted molar refractivity (Wildman–Crippen MR) is 125 cm³/mol. The van der Waals surface area contributed by atoms with Crippen molar-refractivity contribution in [2.75, 3.05) is 39.7 Å². The van der Waals surface area contributed by atoms with Gasteiger partial charge in [0.1, 0.15) is 12.8 Å². The SMILES string of the molecule is CCCCCCCCCCCCCCCCOCC(COCC(F)(F)F)C[P+](O)(O)OC. The molecular weight excluding hydrogens is 444 g/mol. The Balaban J connectivity index is 3.67. The van der Waals surface area contributed by atoms with Crippen LogP contribution >= 0.6 is 7.94 Å². The molecule has 0 aromatic rings. The minimum absolute atomic E-state index is 0.114. The van der Waals surface area contributed by atoms with Crippen molar-refractivity contribution < 1.29 is 37.0 Å². The van der Waals surface area contributed by atoms with E-state index in [-0.39, 0.29) is 19.4 Å². The molecule has 32 heavy (non-hydrogen) atoms. The zero-order valence-corrected chi connectivity index (χ0v) is 21.1. The molecule has 0 aliphatic rings. The van der Waals surface area contributed by atoms with Gasteiger partial charge >= 0.3 is 14.1 Å². The van der Waals surface area contributed by atoms with Gasteiger partial charge < -0.3 is 9.47 Å². The summed E-state index contributed by atoms with van der Waals surface area (Å²) in [6.45, 7) is 1.24. The number of hydrogen-bond donors (Lipinski definition) is 2. The lowest BCUT2D eigenvalue weighted by atomic mass is 10.0. The summed E-state index contributed by atoms with van der Waals surface area (Å²) in [6.07, 6.45) is 13.1. The van der Waals surface area contributed by atoms with Crippen LogP contribution in [0.1, 0.15) is 96.8 Å². The highest BCUT2D eigenvalue weighted by Gasteiger charge is 2.38. The van der Waals surface area contributed by atoms with Crippen molar-refractivity contribution in [3.05, 3.63) is 0 Å². The monoisotopic (exact) mass is 491 g/mol. The largest absolute Gasteiger partial charge is 0.411 e. The van der Waals surface area contributed by atoms with Crippen molar-refractivity contribution in [1.29, 1.82) is 0 Å². The fourth-order valence-corrected chi connectivity index (χ4v) is 4.59. The molecule has 0 amide bonds. The molecule has 0 aliphatic heterocycles. The molecule has 0 radical (unpaired) electrons. The first-order valence-corrected chi connectivity index (χ1v) is 14.1. The van der Waals surface area contributed by atoms with Crippen molar-refractivity contribution in [2.45, 2.75) is 103 Å². The molecular formula is C23H47F3O5P+. The molecule has 0 heterocycles. The molecule has 0 spiro atoms. The number of alkyl halides is 3. The zero-order valence-electron chi connectivity index (χ0n) is 20.2. The van der Waals surface area contributed by atoms with Gasteiger partial charge in [0.05, 0.1) is 20.3 Å². The van der Waals surface area contributed by atoms with Crippen molar-refractivity contribution >= 4 is 7.94 Å². The summed E-state index contributed by atoms with van der Waals surface area (Å²) in [4.78, 5) is 19.4. The van der Waals surface area contributed by atoms with Gasteiger partial charge in [-0.1, -0.05) is 90.4 Å². The van der Waals surface area contributed by atoms with Crippen LogP contribution in [0, 0.1) is 5.92 Å². The minimum atomic E-state index is -4.41. The van der Waals surface area contributed by atoms with Crippen LogP contribution < -0.4 is 0 Å². The highest BCUT2D eigenvalue weighted by Crippen LogP contribution is 2.51. The van der Waals surface area contributed by atoms with Crippen LogP contribution in [-0.2, 0) is 14.0 Å². The van der Waals surface area contributed by atoms with E-state index in [1.54, 1.807) is 0 Å². The second kappa shape index (κ2) is 20.4. The van der Waals surface area contributed by atoms with Crippen LogP contribution in [-0.4, -0.2) is 55.7 Å². The first kappa shape index (κ1) is 32.0. The molecule has 0 rings (SSSR count). The van der Waals surface area contributed by atoms with Crippen LogP contribution in [0.15, 0.2) is 0 Å². The third-order valence-corrected chi connectivity index (χ3v) is 6.98. The Hall–Kier alpha value is 0.0200. The van der Waals surface area contributed by atoms with Crippen LogP contribution in [0.25, 0.3) is 0 Å². The molecule has 194 valence electrons. The molecule has 9 heteroatoms. The lowest BCUT2D eigenvalue weighted by molar-refractivity contribution is -0.177. The Morgan fingerprint density at radius 3 is 1.59 bits per heavy atom. The Labute approximate surface area is 194 Å². The number of ether oxygens (including phenoxy) is 2. The van der Waals surface area contributed by atoms with E-state index < -0.39 is 26.6 Å². The molecule has 1 unspecified atom stereocenters. The van der Waals surface area contributed by atoms with E-state index in [0.29, 0.717) is 6.61 Å². The highest BCUT2D eigenvalue weighted by atomic mass is 31.2. The molecule has 0 fully saturated rings. The van der Waals surface area contributed by atoms with E-state index in [2.05, 4.69) is 16.2 Å². The van der Waals surface area contributed by atoms with Crippen LogP contribution in [0.4, 0.5) is 13.2 Å². The van der Waals surface area contributed by atoms with Gasteiger partial charge in [0.25, 0.3) is 0 Å². The molecule has 0 aromatic carbocycles. The fraction of sp³-hybridized carbons (Fsp3) is 1.00. The molecule has 0 aliphatic carbocycles. The second-order valence-electron chi connectivity index (χ2n) is 8.70. The topological polar surface area (TPSA) is 68.2 Å². The van der Waals surface area contributed by atoms with Gasteiger partial charge in [0, 0.05) is 12.5 Å². The van der Waals surface area contributed by atoms with Crippen LogP contribution in [0.2, 0.25) is 0 Å². The van der Waals surface area contributed by atoms with Gasteiger partial charge in [-0.3, -0.25) is 0 Å². The highest BCUT2D eigenvalue weighted by molar-refractivity contribution is 7.59. The van der Waals surface area contributed by atoms with Crippen molar-refractivity contribution in [2.24, 2.45) is 5.92 Å². The van der Waals surface area contributed by atoms with Gasteiger partial charge in [0.15, 0.2) is 0 Å². The lowest BCUT2D eigenvalue weighted by Crippen LogP contribution is -2.26. The van der Waals surface area contributed by atoms with Gasteiger partial charge in [0.2, 0.25) is 0 Å². The summed E-state index contributed by atoms with van der Waals surface area (Å²) < 4.78 is 51.6. The van der Waals surface area contributed by atoms with Crippen LogP contribution in [0.3, 0.4) is 0 Å². The number of halogens is 3. The standard InChI is InChI=1S/C23H47F3O5P/c1-3-4-5-6-7-8-9-10-11-12-13-14-15-16-17-30-18-22(20-32(27,28)29-2)19-31-21-23(24,25)26/h22,27-28H,3-21H2,1-2H3/q+1. The van der Waals surface area contributed by atoms with Gasteiger partial charge in [-0.25, -0.2) is 0 Å². The third-order valence-electron chi connectivity index (χ3n) is 5.40.